The summed E-state index contributed by atoms with van der Waals surface area (Å²) < 4.78 is 1.27. The SMILES string of the molecule is Cc1ccc2[nH]c(=S)[nH]c(=S)c2c1. The molecule has 0 fully saturated rings. The number of aryl methyl sites for hydroxylation is 1. The summed E-state index contributed by atoms with van der Waals surface area (Å²) in [4.78, 5) is 5.96. The molecule has 0 bridgehead atoms. The van der Waals surface area contributed by atoms with Gasteiger partial charge in [0.2, 0.25) is 0 Å². The highest BCUT2D eigenvalue weighted by Gasteiger charge is 1.95. The first-order valence-corrected chi connectivity index (χ1v) is 4.71. The molecule has 66 valence electrons. The quantitative estimate of drug-likeness (QED) is 0.651. The number of nitrogens with one attached hydrogen (secondary N) is 2. The lowest BCUT2D eigenvalue weighted by Crippen LogP contribution is -1.86. The summed E-state index contributed by atoms with van der Waals surface area (Å²) in [6, 6.07) is 6.06. The van der Waals surface area contributed by atoms with Crippen molar-refractivity contribution in [3.05, 3.63) is 33.2 Å². The van der Waals surface area contributed by atoms with Crippen molar-refractivity contribution >= 4 is 35.3 Å². The van der Waals surface area contributed by atoms with E-state index in [1.807, 2.05) is 25.1 Å². The Hall–Kier alpha value is -1.00. The van der Waals surface area contributed by atoms with Gasteiger partial charge in [-0.05, 0) is 31.3 Å². The van der Waals surface area contributed by atoms with Gasteiger partial charge < -0.3 is 9.97 Å². The Morgan fingerprint density at radius 1 is 1.15 bits per heavy atom. The van der Waals surface area contributed by atoms with E-state index in [0.717, 1.165) is 10.9 Å². The van der Waals surface area contributed by atoms with Crippen molar-refractivity contribution in [1.29, 1.82) is 0 Å². The largest absolute Gasteiger partial charge is 0.332 e. The summed E-state index contributed by atoms with van der Waals surface area (Å²) in [5.41, 5.74) is 2.18. The lowest BCUT2D eigenvalue weighted by Gasteiger charge is -1.99. The molecule has 0 aliphatic carbocycles. The molecule has 0 saturated heterocycles. The zero-order valence-electron chi connectivity index (χ0n) is 7.05. The van der Waals surface area contributed by atoms with Crippen LogP contribution in [0.3, 0.4) is 0 Å². The maximum atomic E-state index is 5.16. The number of rotatable bonds is 0. The molecule has 0 saturated carbocycles. The third-order valence-corrected chi connectivity index (χ3v) is 2.42. The van der Waals surface area contributed by atoms with Crippen LogP contribution in [0.25, 0.3) is 10.9 Å². The minimum atomic E-state index is 0.571. The lowest BCUT2D eigenvalue weighted by molar-refractivity contribution is 1.17. The van der Waals surface area contributed by atoms with E-state index < -0.39 is 0 Å². The topological polar surface area (TPSA) is 31.6 Å². The average Bonchev–Trinajstić information content (AvgIpc) is 2.06. The smallest absolute Gasteiger partial charge is 0.175 e. The standard InChI is InChI=1S/C9H8N2S2/c1-5-2-3-7-6(4-5)8(12)11-9(13)10-7/h2-4H,1H3,(H2,10,11,12,13). The monoisotopic (exact) mass is 208 g/mol. The molecule has 0 aliphatic rings. The van der Waals surface area contributed by atoms with Gasteiger partial charge in [-0.2, -0.15) is 0 Å². The number of aromatic amines is 2. The van der Waals surface area contributed by atoms with E-state index in [1.165, 1.54) is 5.56 Å². The van der Waals surface area contributed by atoms with Crippen molar-refractivity contribution in [2.45, 2.75) is 6.92 Å². The van der Waals surface area contributed by atoms with Gasteiger partial charge in [0.15, 0.2) is 4.77 Å². The highest BCUT2D eigenvalue weighted by atomic mass is 32.1. The van der Waals surface area contributed by atoms with Crippen molar-refractivity contribution in [3.8, 4) is 0 Å². The number of fused-ring (bicyclic) bond motifs is 1. The molecule has 0 atom stereocenters. The van der Waals surface area contributed by atoms with E-state index in [0.29, 0.717) is 9.41 Å². The first-order valence-electron chi connectivity index (χ1n) is 3.90. The molecule has 0 amide bonds. The molecule has 2 aromatic rings. The second-order valence-corrected chi connectivity index (χ2v) is 3.77. The Morgan fingerprint density at radius 2 is 1.92 bits per heavy atom. The number of hydrogen-bond donors (Lipinski definition) is 2. The summed E-state index contributed by atoms with van der Waals surface area (Å²) in [7, 11) is 0. The first-order chi connectivity index (χ1) is 6.16. The van der Waals surface area contributed by atoms with Gasteiger partial charge >= 0.3 is 0 Å². The lowest BCUT2D eigenvalue weighted by atomic mass is 10.2. The fourth-order valence-electron chi connectivity index (χ4n) is 1.28. The Kier molecular flexibility index (Phi) is 2.01. The summed E-state index contributed by atoms with van der Waals surface area (Å²) in [5.74, 6) is 0. The molecule has 0 spiro atoms. The second kappa shape index (κ2) is 3.05. The number of hydrogen-bond acceptors (Lipinski definition) is 2. The average molecular weight is 208 g/mol. The summed E-state index contributed by atoms with van der Waals surface area (Å²) >= 11 is 10.1. The predicted molar refractivity (Wildman–Crippen MR) is 59.1 cm³/mol. The van der Waals surface area contributed by atoms with Crippen LogP contribution in [-0.2, 0) is 0 Å². The van der Waals surface area contributed by atoms with Gasteiger partial charge in [-0.1, -0.05) is 23.8 Å². The van der Waals surface area contributed by atoms with E-state index >= 15 is 0 Å². The first kappa shape index (κ1) is 8.59. The Morgan fingerprint density at radius 3 is 2.69 bits per heavy atom. The zero-order valence-corrected chi connectivity index (χ0v) is 8.68. The van der Waals surface area contributed by atoms with Crippen LogP contribution in [0.15, 0.2) is 18.2 Å². The molecule has 0 aliphatic heterocycles. The fraction of sp³-hybridized carbons (Fsp3) is 0.111. The van der Waals surface area contributed by atoms with Crippen LogP contribution in [-0.4, -0.2) is 9.97 Å². The summed E-state index contributed by atoms with van der Waals surface area (Å²) in [5, 5.41) is 1.02. The highest BCUT2D eigenvalue weighted by molar-refractivity contribution is 7.72. The maximum Gasteiger partial charge on any atom is 0.175 e. The van der Waals surface area contributed by atoms with Crippen LogP contribution in [0.2, 0.25) is 0 Å². The van der Waals surface area contributed by atoms with Crippen molar-refractivity contribution < 1.29 is 0 Å². The number of aromatic nitrogens is 2. The molecule has 1 aromatic heterocycles. The molecule has 0 unspecified atom stereocenters. The van der Waals surface area contributed by atoms with Gasteiger partial charge in [0.25, 0.3) is 0 Å². The third kappa shape index (κ3) is 1.55. The third-order valence-electron chi connectivity index (χ3n) is 1.89. The minimum absolute atomic E-state index is 0.571. The molecule has 4 heteroatoms. The maximum absolute atomic E-state index is 5.16. The van der Waals surface area contributed by atoms with Crippen LogP contribution in [0.1, 0.15) is 5.56 Å². The minimum Gasteiger partial charge on any atom is -0.332 e. The molecule has 1 aromatic carbocycles. The van der Waals surface area contributed by atoms with Crippen LogP contribution >= 0.6 is 24.4 Å². The van der Waals surface area contributed by atoms with Gasteiger partial charge in [-0.25, -0.2) is 0 Å². The Bertz CT molecular complexity index is 566. The van der Waals surface area contributed by atoms with E-state index in [4.69, 9.17) is 24.4 Å². The van der Waals surface area contributed by atoms with E-state index in [9.17, 15) is 0 Å². The van der Waals surface area contributed by atoms with Gasteiger partial charge in [-0.15, -0.1) is 0 Å². The van der Waals surface area contributed by atoms with Crippen molar-refractivity contribution in [3.63, 3.8) is 0 Å². The van der Waals surface area contributed by atoms with Gasteiger partial charge in [0, 0.05) is 5.39 Å². The molecule has 2 N–H and O–H groups in total. The van der Waals surface area contributed by atoms with E-state index in [1.54, 1.807) is 0 Å². The summed E-state index contributed by atoms with van der Waals surface area (Å²) in [6.45, 7) is 2.04. The van der Waals surface area contributed by atoms with Gasteiger partial charge in [-0.3, -0.25) is 0 Å². The van der Waals surface area contributed by atoms with Crippen LogP contribution in [0, 0.1) is 16.3 Å². The molecular formula is C9H8N2S2. The predicted octanol–water partition coefficient (Wildman–Crippen LogP) is 3.26. The molecule has 2 nitrogen and oxygen atoms in total. The number of H-pyrrole nitrogens is 2. The van der Waals surface area contributed by atoms with E-state index in [2.05, 4.69) is 9.97 Å². The Balaban J connectivity index is 3.04. The molecule has 13 heavy (non-hydrogen) atoms. The van der Waals surface area contributed by atoms with Gasteiger partial charge in [0.05, 0.1) is 5.52 Å². The Labute approximate surface area is 85.6 Å². The van der Waals surface area contributed by atoms with Crippen LogP contribution in [0.5, 0.6) is 0 Å². The van der Waals surface area contributed by atoms with Crippen molar-refractivity contribution in [1.82, 2.24) is 9.97 Å². The van der Waals surface area contributed by atoms with E-state index in [-0.39, 0.29) is 0 Å². The van der Waals surface area contributed by atoms with Crippen molar-refractivity contribution in [2.75, 3.05) is 0 Å². The zero-order chi connectivity index (χ0) is 9.42. The summed E-state index contributed by atoms with van der Waals surface area (Å²) in [6.07, 6.45) is 0. The normalized spacial score (nSPS) is 10.5. The van der Waals surface area contributed by atoms with Crippen molar-refractivity contribution in [2.24, 2.45) is 0 Å². The second-order valence-electron chi connectivity index (χ2n) is 2.96. The molecule has 1 heterocycles. The van der Waals surface area contributed by atoms with Crippen LogP contribution in [0.4, 0.5) is 0 Å². The number of benzene rings is 1. The fourth-order valence-corrected chi connectivity index (χ4v) is 1.83. The van der Waals surface area contributed by atoms with Gasteiger partial charge in [0.1, 0.15) is 4.64 Å². The van der Waals surface area contributed by atoms with Crippen LogP contribution < -0.4 is 0 Å². The molecule has 2 rings (SSSR count). The molecular weight excluding hydrogens is 200 g/mol. The molecule has 0 radical (unpaired) electrons. The highest BCUT2D eigenvalue weighted by Crippen LogP contribution is 2.13.